The normalized spacial score (nSPS) is 17.9. The molecule has 0 aliphatic carbocycles. The summed E-state index contributed by atoms with van der Waals surface area (Å²) in [5.74, 6) is -0.819. The van der Waals surface area contributed by atoms with Gasteiger partial charge in [-0.3, -0.25) is 10.1 Å². The molecule has 1 fully saturated rings. The molecule has 3 aromatic rings. The number of aryl methyl sites for hydroxylation is 1. The van der Waals surface area contributed by atoms with Gasteiger partial charge in [0.25, 0.3) is 5.91 Å². The number of halogens is 1. The molecule has 6 nitrogen and oxygen atoms in total. The Bertz CT molecular complexity index is 1220. The molecule has 1 aliphatic rings. The highest BCUT2D eigenvalue weighted by atomic mass is 32.2. The molecule has 1 amide bonds. The molecule has 2 aromatic carbocycles. The van der Waals surface area contributed by atoms with Crippen LogP contribution in [0.15, 0.2) is 41.3 Å². The van der Waals surface area contributed by atoms with Crippen LogP contribution in [0.25, 0.3) is 10.2 Å². The van der Waals surface area contributed by atoms with Crippen LogP contribution >= 0.6 is 11.3 Å². The quantitative estimate of drug-likeness (QED) is 0.636. The molecule has 1 aliphatic heterocycles. The van der Waals surface area contributed by atoms with Crippen molar-refractivity contribution in [3.63, 3.8) is 0 Å². The first-order chi connectivity index (χ1) is 14.3. The van der Waals surface area contributed by atoms with Crippen molar-refractivity contribution < 1.29 is 17.6 Å². The van der Waals surface area contributed by atoms with Crippen LogP contribution in [-0.4, -0.2) is 36.2 Å². The van der Waals surface area contributed by atoms with Crippen molar-refractivity contribution in [2.24, 2.45) is 0 Å². The number of nitrogens with zero attached hydrogens (tertiary/aromatic N) is 2. The molecular weight excluding hydrogens is 425 g/mol. The number of anilines is 1. The van der Waals surface area contributed by atoms with Crippen molar-refractivity contribution in [1.82, 2.24) is 9.29 Å². The third-order valence-electron chi connectivity index (χ3n) is 5.37. The first-order valence-electron chi connectivity index (χ1n) is 9.75. The zero-order valence-electron chi connectivity index (χ0n) is 16.7. The summed E-state index contributed by atoms with van der Waals surface area (Å²) >= 11 is 1.16. The number of benzene rings is 2. The van der Waals surface area contributed by atoms with Crippen LogP contribution in [0.4, 0.5) is 9.52 Å². The first-order valence-corrected chi connectivity index (χ1v) is 12.0. The zero-order chi connectivity index (χ0) is 21.5. The summed E-state index contributed by atoms with van der Waals surface area (Å²) in [6.07, 6.45) is 2.68. The Hall–Kier alpha value is -2.36. The van der Waals surface area contributed by atoms with Gasteiger partial charge in [0.1, 0.15) is 5.82 Å². The largest absolute Gasteiger partial charge is 0.298 e. The second kappa shape index (κ2) is 8.05. The number of amides is 1. The van der Waals surface area contributed by atoms with E-state index in [-0.39, 0.29) is 22.3 Å². The number of carbonyl (C=O) groups is 1. The molecule has 0 bridgehead atoms. The predicted octanol–water partition coefficient (Wildman–Crippen LogP) is 4.56. The van der Waals surface area contributed by atoms with E-state index in [9.17, 15) is 17.6 Å². The average Bonchev–Trinajstić information content (AvgIpc) is 3.09. The molecule has 0 saturated carbocycles. The predicted molar refractivity (Wildman–Crippen MR) is 116 cm³/mol. The van der Waals surface area contributed by atoms with Gasteiger partial charge in [-0.2, -0.15) is 4.31 Å². The van der Waals surface area contributed by atoms with Crippen molar-refractivity contribution in [3.8, 4) is 0 Å². The van der Waals surface area contributed by atoms with Gasteiger partial charge in [0.2, 0.25) is 10.0 Å². The number of carbonyl (C=O) groups excluding carboxylic acids is 1. The summed E-state index contributed by atoms with van der Waals surface area (Å²) in [7, 11) is -3.68. The maximum absolute atomic E-state index is 13.4. The van der Waals surface area contributed by atoms with Crippen LogP contribution in [0.1, 0.15) is 42.1 Å². The highest BCUT2D eigenvalue weighted by molar-refractivity contribution is 7.89. The Labute approximate surface area is 178 Å². The van der Waals surface area contributed by atoms with E-state index in [0.29, 0.717) is 27.5 Å². The van der Waals surface area contributed by atoms with E-state index in [1.54, 1.807) is 25.1 Å². The third kappa shape index (κ3) is 3.97. The standard InChI is InChI=1S/C21H22FN3O3S2/c1-13-6-8-16(30(27,28)25-10-4-3-5-14(25)2)12-17(13)20(26)24-21-23-18-9-7-15(22)11-19(18)29-21/h6-9,11-12,14H,3-5,10H2,1-2H3,(H,23,24,26). The maximum Gasteiger partial charge on any atom is 0.257 e. The van der Waals surface area contributed by atoms with Crippen LogP contribution < -0.4 is 5.32 Å². The number of piperidine rings is 1. The molecule has 0 radical (unpaired) electrons. The third-order valence-corrected chi connectivity index (χ3v) is 8.32. The minimum Gasteiger partial charge on any atom is -0.298 e. The molecule has 2 heterocycles. The van der Waals surface area contributed by atoms with Gasteiger partial charge in [-0.15, -0.1) is 0 Å². The van der Waals surface area contributed by atoms with Crippen molar-refractivity contribution in [1.29, 1.82) is 0 Å². The Balaban J connectivity index is 1.62. The fraction of sp³-hybridized carbons (Fsp3) is 0.333. The Morgan fingerprint density at radius 3 is 2.80 bits per heavy atom. The number of nitrogens with one attached hydrogen (secondary N) is 1. The molecule has 1 saturated heterocycles. The van der Waals surface area contributed by atoms with Gasteiger partial charge in [0, 0.05) is 18.2 Å². The first kappa shape index (κ1) is 20.9. The summed E-state index contributed by atoms with van der Waals surface area (Å²) in [4.78, 5) is 17.3. The smallest absolute Gasteiger partial charge is 0.257 e. The van der Waals surface area contributed by atoms with Crippen LogP contribution in [0.3, 0.4) is 0 Å². The fourth-order valence-corrected chi connectivity index (χ4v) is 6.30. The summed E-state index contributed by atoms with van der Waals surface area (Å²) in [5, 5.41) is 3.04. The van der Waals surface area contributed by atoms with E-state index in [2.05, 4.69) is 10.3 Å². The number of fused-ring (bicyclic) bond motifs is 1. The van der Waals surface area contributed by atoms with E-state index in [1.807, 2.05) is 6.92 Å². The average molecular weight is 448 g/mol. The molecular formula is C21H22FN3O3S2. The fourth-order valence-electron chi connectivity index (χ4n) is 3.69. The monoisotopic (exact) mass is 447 g/mol. The number of hydrogen-bond acceptors (Lipinski definition) is 5. The molecule has 4 rings (SSSR count). The van der Waals surface area contributed by atoms with Crippen molar-refractivity contribution >= 4 is 42.6 Å². The molecule has 1 N–H and O–H groups in total. The van der Waals surface area contributed by atoms with Gasteiger partial charge in [-0.1, -0.05) is 23.8 Å². The Morgan fingerprint density at radius 2 is 2.03 bits per heavy atom. The number of sulfonamides is 1. The second-order valence-electron chi connectivity index (χ2n) is 7.52. The topological polar surface area (TPSA) is 79.4 Å². The molecule has 1 unspecified atom stereocenters. The minimum atomic E-state index is -3.68. The SMILES string of the molecule is Cc1ccc(S(=O)(=O)N2CCCCC2C)cc1C(=O)Nc1nc2ccc(F)cc2s1. The number of rotatable bonds is 4. The molecule has 0 spiro atoms. The van der Waals surface area contributed by atoms with Crippen LogP contribution in [0, 0.1) is 12.7 Å². The Morgan fingerprint density at radius 1 is 1.23 bits per heavy atom. The van der Waals surface area contributed by atoms with Gasteiger partial charge in [-0.05, 0) is 62.6 Å². The summed E-state index contributed by atoms with van der Waals surface area (Å²) in [6, 6.07) is 8.77. The Kier molecular flexibility index (Phi) is 5.61. The van der Waals surface area contributed by atoms with Crippen molar-refractivity contribution in [2.45, 2.75) is 44.0 Å². The number of aromatic nitrogens is 1. The highest BCUT2D eigenvalue weighted by Crippen LogP contribution is 2.29. The molecule has 1 atom stereocenters. The maximum atomic E-state index is 13.4. The van der Waals surface area contributed by atoms with Crippen molar-refractivity contribution in [3.05, 3.63) is 53.3 Å². The van der Waals surface area contributed by atoms with Gasteiger partial charge in [0.05, 0.1) is 15.1 Å². The molecule has 9 heteroatoms. The number of hydrogen-bond donors (Lipinski definition) is 1. The second-order valence-corrected chi connectivity index (χ2v) is 10.4. The lowest BCUT2D eigenvalue weighted by molar-refractivity contribution is 0.102. The van der Waals surface area contributed by atoms with Crippen LogP contribution in [0.5, 0.6) is 0 Å². The van der Waals surface area contributed by atoms with Crippen LogP contribution in [0.2, 0.25) is 0 Å². The molecule has 1 aromatic heterocycles. The zero-order valence-corrected chi connectivity index (χ0v) is 18.3. The minimum absolute atomic E-state index is 0.0644. The van der Waals surface area contributed by atoms with E-state index in [0.717, 1.165) is 30.6 Å². The van der Waals surface area contributed by atoms with E-state index >= 15 is 0 Å². The lowest BCUT2D eigenvalue weighted by atomic mass is 10.1. The van der Waals surface area contributed by atoms with Gasteiger partial charge in [0.15, 0.2) is 5.13 Å². The number of thiazole rings is 1. The van der Waals surface area contributed by atoms with Gasteiger partial charge >= 0.3 is 0 Å². The van der Waals surface area contributed by atoms with Crippen molar-refractivity contribution in [2.75, 3.05) is 11.9 Å². The molecule has 30 heavy (non-hydrogen) atoms. The van der Waals surface area contributed by atoms with Gasteiger partial charge < -0.3 is 0 Å². The lowest BCUT2D eigenvalue weighted by Crippen LogP contribution is -2.42. The lowest BCUT2D eigenvalue weighted by Gasteiger charge is -2.32. The summed E-state index contributed by atoms with van der Waals surface area (Å²) < 4.78 is 41.8. The van der Waals surface area contributed by atoms with Crippen LogP contribution in [-0.2, 0) is 10.0 Å². The van der Waals surface area contributed by atoms with E-state index in [1.165, 1.54) is 22.5 Å². The van der Waals surface area contributed by atoms with E-state index < -0.39 is 15.9 Å². The van der Waals surface area contributed by atoms with E-state index in [4.69, 9.17) is 0 Å². The highest BCUT2D eigenvalue weighted by Gasteiger charge is 2.31. The molecule has 158 valence electrons. The summed E-state index contributed by atoms with van der Waals surface area (Å²) in [6.45, 7) is 4.15. The van der Waals surface area contributed by atoms with Gasteiger partial charge in [-0.25, -0.2) is 17.8 Å². The summed E-state index contributed by atoms with van der Waals surface area (Å²) in [5.41, 5.74) is 1.51.